The van der Waals surface area contributed by atoms with Crippen molar-refractivity contribution < 1.29 is 4.79 Å². The van der Waals surface area contributed by atoms with Crippen molar-refractivity contribution in [3.8, 4) is 0 Å². The molecular formula is C18H15ClN6O. The van der Waals surface area contributed by atoms with Crippen LogP contribution >= 0.6 is 11.6 Å². The Bertz CT molecular complexity index is 980. The van der Waals surface area contributed by atoms with E-state index in [4.69, 9.17) is 11.6 Å². The van der Waals surface area contributed by atoms with Gasteiger partial charge in [0, 0.05) is 16.4 Å². The summed E-state index contributed by atoms with van der Waals surface area (Å²) in [5.74, 6) is 0.265. The van der Waals surface area contributed by atoms with E-state index in [-0.39, 0.29) is 5.91 Å². The van der Waals surface area contributed by atoms with Gasteiger partial charge in [0.15, 0.2) is 0 Å². The summed E-state index contributed by atoms with van der Waals surface area (Å²) >= 11 is 6.01. The minimum absolute atomic E-state index is 0.220. The third-order valence-corrected chi connectivity index (χ3v) is 4.43. The van der Waals surface area contributed by atoms with Gasteiger partial charge in [0.05, 0.1) is 5.57 Å². The zero-order chi connectivity index (χ0) is 18.1. The molecule has 0 unspecified atom stereocenters. The number of hydrogen-bond acceptors (Lipinski definition) is 5. The van der Waals surface area contributed by atoms with Gasteiger partial charge in [-0.05, 0) is 47.2 Å². The first kappa shape index (κ1) is 16.3. The molecule has 130 valence electrons. The van der Waals surface area contributed by atoms with Crippen molar-refractivity contribution in [2.24, 2.45) is 0 Å². The molecule has 1 aliphatic rings. The first-order chi connectivity index (χ1) is 12.6. The average Bonchev–Trinajstić information content (AvgIpc) is 3.10. The number of hydrogen-bond donors (Lipinski definition) is 2. The van der Waals surface area contributed by atoms with Crippen molar-refractivity contribution in [3.63, 3.8) is 0 Å². The van der Waals surface area contributed by atoms with Crippen LogP contribution in [0.5, 0.6) is 0 Å². The van der Waals surface area contributed by atoms with E-state index in [2.05, 4.69) is 26.2 Å². The van der Waals surface area contributed by atoms with Gasteiger partial charge in [-0.3, -0.25) is 4.79 Å². The number of allylic oxidation sites excluding steroid dienone is 1. The second kappa shape index (κ2) is 6.61. The van der Waals surface area contributed by atoms with Crippen LogP contribution in [0.4, 0.5) is 11.6 Å². The first-order valence-corrected chi connectivity index (χ1v) is 8.39. The zero-order valence-corrected chi connectivity index (χ0v) is 14.6. The summed E-state index contributed by atoms with van der Waals surface area (Å²) in [5, 5.41) is 18.4. The number of aromatic nitrogens is 4. The van der Waals surface area contributed by atoms with Crippen LogP contribution in [0, 0.1) is 0 Å². The maximum atomic E-state index is 13.0. The fourth-order valence-electron chi connectivity index (χ4n) is 2.98. The maximum absolute atomic E-state index is 13.0. The molecule has 3 aromatic rings. The molecular weight excluding hydrogens is 352 g/mol. The Kier molecular flexibility index (Phi) is 4.14. The lowest BCUT2D eigenvalue weighted by atomic mass is 9.95. The Balaban J connectivity index is 1.77. The molecule has 0 aliphatic carbocycles. The minimum atomic E-state index is -0.456. The van der Waals surface area contributed by atoms with E-state index in [9.17, 15) is 4.79 Å². The highest BCUT2D eigenvalue weighted by Gasteiger charge is 2.33. The van der Waals surface area contributed by atoms with Gasteiger partial charge in [-0.2, -0.15) is 4.68 Å². The number of halogens is 1. The lowest BCUT2D eigenvalue weighted by molar-refractivity contribution is -0.113. The van der Waals surface area contributed by atoms with Crippen molar-refractivity contribution in [2.45, 2.75) is 13.0 Å². The van der Waals surface area contributed by atoms with Crippen LogP contribution < -0.4 is 10.6 Å². The Morgan fingerprint density at radius 3 is 2.62 bits per heavy atom. The van der Waals surface area contributed by atoms with E-state index in [0.717, 1.165) is 11.3 Å². The number of anilines is 2. The number of tetrazole rings is 1. The molecule has 2 aromatic carbocycles. The van der Waals surface area contributed by atoms with Crippen molar-refractivity contribution in [1.29, 1.82) is 0 Å². The average molecular weight is 367 g/mol. The maximum Gasteiger partial charge on any atom is 0.255 e. The molecule has 0 saturated carbocycles. The van der Waals surface area contributed by atoms with E-state index in [1.807, 2.05) is 49.4 Å². The topological polar surface area (TPSA) is 84.7 Å². The summed E-state index contributed by atoms with van der Waals surface area (Å²) in [4.78, 5) is 13.0. The molecule has 8 heteroatoms. The Labute approximate surface area is 154 Å². The lowest BCUT2D eigenvalue weighted by Gasteiger charge is -2.28. The molecule has 7 nitrogen and oxygen atoms in total. The number of para-hydroxylation sites is 1. The van der Waals surface area contributed by atoms with Crippen LogP contribution in [0.15, 0.2) is 65.9 Å². The van der Waals surface area contributed by atoms with Crippen LogP contribution in [-0.4, -0.2) is 26.1 Å². The predicted molar refractivity (Wildman–Crippen MR) is 98.8 cm³/mol. The number of carbonyl (C=O) groups excluding carboxylic acids is 1. The summed E-state index contributed by atoms with van der Waals surface area (Å²) in [7, 11) is 0. The molecule has 0 fully saturated rings. The van der Waals surface area contributed by atoms with E-state index in [0.29, 0.717) is 22.2 Å². The van der Waals surface area contributed by atoms with Crippen LogP contribution in [0.2, 0.25) is 5.02 Å². The van der Waals surface area contributed by atoms with E-state index < -0.39 is 6.04 Å². The number of carbonyl (C=O) groups is 1. The van der Waals surface area contributed by atoms with Gasteiger partial charge in [0.25, 0.3) is 5.91 Å². The highest BCUT2D eigenvalue weighted by atomic mass is 35.5. The number of amides is 1. The van der Waals surface area contributed by atoms with Crippen molar-refractivity contribution >= 4 is 29.1 Å². The molecule has 1 amide bonds. The number of benzene rings is 2. The summed E-state index contributed by atoms with van der Waals surface area (Å²) in [6, 6.07) is 16.1. The van der Waals surface area contributed by atoms with Crippen molar-refractivity contribution in [1.82, 2.24) is 20.2 Å². The van der Waals surface area contributed by atoms with Gasteiger partial charge in [0.1, 0.15) is 6.04 Å². The molecule has 1 aromatic heterocycles. The molecule has 4 rings (SSSR count). The first-order valence-electron chi connectivity index (χ1n) is 8.01. The normalized spacial score (nSPS) is 16.0. The standard InChI is InChI=1S/C18H15ClN6O/c1-11-15(17(26)21-14-5-3-2-4-6-14)16(12-7-9-13(19)10-8-12)25-18(20-11)22-23-24-25/h2-10,16H,1H3,(H,21,26)(H,20,22,24)/t16-/m0/s1. The van der Waals surface area contributed by atoms with Gasteiger partial charge >= 0.3 is 0 Å². The van der Waals surface area contributed by atoms with E-state index in [1.54, 1.807) is 16.8 Å². The number of rotatable bonds is 3. The minimum Gasteiger partial charge on any atom is -0.326 e. The Hall–Kier alpha value is -3.19. The monoisotopic (exact) mass is 366 g/mol. The van der Waals surface area contributed by atoms with E-state index >= 15 is 0 Å². The summed E-state index contributed by atoms with van der Waals surface area (Å²) in [5.41, 5.74) is 2.81. The van der Waals surface area contributed by atoms with Crippen LogP contribution in [-0.2, 0) is 4.79 Å². The number of nitrogens with zero attached hydrogens (tertiary/aromatic N) is 4. The third-order valence-electron chi connectivity index (χ3n) is 4.18. The molecule has 1 aliphatic heterocycles. The molecule has 0 saturated heterocycles. The van der Waals surface area contributed by atoms with Crippen LogP contribution in [0.25, 0.3) is 0 Å². The predicted octanol–water partition coefficient (Wildman–Crippen LogP) is 3.25. The van der Waals surface area contributed by atoms with Gasteiger partial charge in [-0.25, -0.2) is 0 Å². The molecule has 26 heavy (non-hydrogen) atoms. The zero-order valence-electron chi connectivity index (χ0n) is 13.8. The highest BCUT2D eigenvalue weighted by molar-refractivity contribution is 6.30. The van der Waals surface area contributed by atoms with E-state index in [1.165, 1.54) is 0 Å². The van der Waals surface area contributed by atoms with Crippen molar-refractivity contribution in [2.75, 3.05) is 10.6 Å². The largest absolute Gasteiger partial charge is 0.326 e. The fraction of sp³-hybridized carbons (Fsp3) is 0.111. The fourth-order valence-corrected chi connectivity index (χ4v) is 3.11. The molecule has 2 N–H and O–H groups in total. The Morgan fingerprint density at radius 1 is 1.15 bits per heavy atom. The smallest absolute Gasteiger partial charge is 0.255 e. The quantitative estimate of drug-likeness (QED) is 0.743. The van der Waals surface area contributed by atoms with Crippen LogP contribution in [0.1, 0.15) is 18.5 Å². The number of fused-ring (bicyclic) bond motifs is 1. The van der Waals surface area contributed by atoms with Gasteiger partial charge in [0.2, 0.25) is 5.95 Å². The molecule has 0 spiro atoms. The molecule has 0 bridgehead atoms. The molecule has 1 atom stereocenters. The second-order valence-corrected chi connectivity index (χ2v) is 6.32. The van der Waals surface area contributed by atoms with Crippen LogP contribution in [0.3, 0.4) is 0 Å². The number of nitrogens with one attached hydrogen (secondary N) is 2. The van der Waals surface area contributed by atoms with Gasteiger partial charge in [-0.1, -0.05) is 47.0 Å². The summed E-state index contributed by atoms with van der Waals surface area (Å²) < 4.78 is 1.59. The highest BCUT2D eigenvalue weighted by Crippen LogP contribution is 2.35. The summed E-state index contributed by atoms with van der Waals surface area (Å²) in [6.45, 7) is 1.83. The Morgan fingerprint density at radius 2 is 1.88 bits per heavy atom. The molecule has 2 heterocycles. The second-order valence-electron chi connectivity index (χ2n) is 5.88. The van der Waals surface area contributed by atoms with Crippen molar-refractivity contribution in [3.05, 3.63) is 76.5 Å². The lowest BCUT2D eigenvalue weighted by Crippen LogP contribution is -2.31. The SMILES string of the molecule is CC1=C(C(=O)Nc2ccccc2)[C@H](c2ccc(Cl)cc2)n2nnnc2N1. The van der Waals surface area contributed by atoms with Gasteiger partial charge in [-0.15, -0.1) is 0 Å². The molecule has 0 radical (unpaired) electrons. The third kappa shape index (κ3) is 2.93. The van der Waals surface area contributed by atoms with Gasteiger partial charge < -0.3 is 10.6 Å². The summed E-state index contributed by atoms with van der Waals surface area (Å²) in [6.07, 6.45) is 0.